The minimum absolute atomic E-state index is 0.122. The van der Waals surface area contributed by atoms with E-state index in [9.17, 15) is 9.59 Å². The quantitative estimate of drug-likeness (QED) is 0.328. The van der Waals surface area contributed by atoms with Crippen molar-refractivity contribution in [2.24, 2.45) is 5.10 Å². The highest BCUT2D eigenvalue weighted by Gasteiger charge is 2.13. The molecule has 12 heteroatoms. The number of carbonyl (C=O) groups excluding carboxylic acids is 1. The summed E-state index contributed by atoms with van der Waals surface area (Å²) in [7, 11) is 0. The Labute approximate surface area is 197 Å². The van der Waals surface area contributed by atoms with Crippen LogP contribution in [0.3, 0.4) is 0 Å². The number of rotatable bonds is 8. The fourth-order valence-corrected chi connectivity index (χ4v) is 4.27. The highest BCUT2D eigenvalue weighted by atomic mass is 79.9. The van der Waals surface area contributed by atoms with E-state index in [1.807, 2.05) is 0 Å². The summed E-state index contributed by atoms with van der Waals surface area (Å²) in [6.07, 6.45) is 1.30. The first kappa shape index (κ1) is 23.8. The lowest BCUT2D eigenvalue weighted by molar-refractivity contribution is -0.139. The first-order valence-electron chi connectivity index (χ1n) is 7.60. The normalized spacial score (nSPS) is 10.8. The van der Waals surface area contributed by atoms with Crippen LogP contribution in [0.2, 0.25) is 15.1 Å². The maximum Gasteiger partial charge on any atom is 0.341 e. The largest absolute Gasteiger partial charge is 0.481 e. The Bertz CT molecular complexity index is 949. The minimum atomic E-state index is -1.13. The monoisotopic (exact) mass is 586 g/mol. The topological polar surface area (TPSA) is 97.2 Å². The van der Waals surface area contributed by atoms with Gasteiger partial charge in [-0.25, -0.2) is 10.2 Å². The maximum absolute atomic E-state index is 11.9. The number of carbonyl (C=O) groups is 2. The molecule has 0 aliphatic rings. The van der Waals surface area contributed by atoms with Crippen molar-refractivity contribution in [2.75, 3.05) is 13.2 Å². The predicted octanol–water partition coefficient (Wildman–Crippen LogP) is 5.16. The molecule has 0 bridgehead atoms. The number of hydrogen-bond acceptors (Lipinski definition) is 5. The third-order valence-corrected chi connectivity index (χ3v) is 4.91. The van der Waals surface area contributed by atoms with E-state index in [1.54, 1.807) is 12.1 Å². The van der Waals surface area contributed by atoms with Crippen LogP contribution in [0.25, 0.3) is 0 Å². The van der Waals surface area contributed by atoms with Crippen molar-refractivity contribution in [3.05, 3.63) is 53.8 Å². The van der Waals surface area contributed by atoms with Gasteiger partial charge in [-0.05, 0) is 40.2 Å². The lowest BCUT2D eigenvalue weighted by Gasteiger charge is -2.10. The Kier molecular flexibility index (Phi) is 9.04. The number of hydrazone groups is 1. The molecule has 0 aliphatic carbocycles. The van der Waals surface area contributed by atoms with Crippen molar-refractivity contribution >= 4 is 84.8 Å². The second-order valence-corrected chi connectivity index (χ2v) is 8.29. The van der Waals surface area contributed by atoms with Crippen LogP contribution in [0, 0.1) is 0 Å². The van der Waals surface area contributed by atoms with Crippen molar-refractivity contribution in [3.63, 3.8) is 0 Å². The molecule has 0 saturated carbocycles. The molecule has 0 atom stereocenters. The van der Waals surface area contributed by atoms with Gasteiger partial charge in [-0.15, -0.1) is 0 Å². The van der Waals surface area contributed by atoms with Crippen LogP contribution >= 0.6 is 66.7 Å². The Hall–Kier alpha value is -1.52. The molecule has 0 spiro atoms. The zero-order valence-electron chi connectivity index (χ0n) is 14.2. The maximum atomic E-state index is 11.9. The molecule has 2 aromatic carbocycles. The number of ether oxygens (including phenoxy) is 2. The van der Waals surface area contributed by atoms with E-state index in [1.165, 1.54) is 18.3 Å². The molecular weight excluding hydrogens is 578 g/mol. The Morgan fingerprint density at radius 3 is 2.28 bits per heavy atom. The second kappa shape index (κ2) is 11.0. The highest BCUT2D eigenvalue weighted by molar-refractivity contribution is 9.11. The molecule has 0 heterocycles. The van der Waals surface area contributed by atoms with Crippen LogP contribution in [0.4, 0.5) is 0 Å². The zero-order chi connectivity index (χ0) is 21.6. The number of hydrogen-bond donors (Lipinski definition) is 2. The molecule has 7 nitrogen and oxygen atoms in total. The average Bonchev–Trinajstić information content (AvgIpc) is 2.59. The summed E-state index contributed by atoms with van der Waals surface area (Å²) >= 11 is 24.4. The number of carboxylic acids is 1. The molecule has 0 unspecified atom stereocenters. The van der Waals surface area contributed by atoms with Gasteiger partial charge in [-0.2, -0.15) is 5.10 Å². The van der Waals surface area contributed by atoms with Crippen LogP contribution in [0.15, 0.2) is 38.3 Å². The van der Waals surface area contributed by atoms with Gasteiger partial charge in [0, 0.05) is 15.1 Å². The van der Waals surface area contributed by atoms with E-state index < -0.39 is 25.1 Å². The van der Waals surface area contributed by atoms with Gasteiger partial charge in [0.05, 0.1) is 20.7 Å². The molecule has 2 aromatic rings. The molecule has 1 amide bonds. The van der Waals surface area contributed by atoms with Crippen molar-refractivity contribution in [1.82, 2.24) is 5.43 Å². The summed E-state index contributed by atoms with van der Waals surface area (Å²) in [6, 6.07) is 6.19. The lowest BCUT2D eigenvalue weighted by Crippen LogP contribution is -2.24. The summed E-state index contributed by atoms with van der Waals surface area (Å²) in [5, 5.41) is 13.3. The Balaban J connectivity index is 2.02. The SMILES string of the molecule is O=C(O)COc1c(Br)cc(Br)cc1/C=N/NC(=O)COc1c(Cl)cc(Cl)cc1Cl. The van der Waals surface area contributed by atoms with Gasteiger partial charge in [0.25, 0.3) is 5.91 Å². The van der Waals surface area contributed by atoms with E-state index in [4.69, 9.17) is 49.4 Å². The van der Waals surface area contributed by atoms with Gasteiger partial charge in [0.15, 0.2) is 19.0 Å². The molecule has 2 N–H and O–H groups in total. The Morgan fingerprint density at radius 1 is 1.03 bits per heavy atom. The fourth-order valence-electron chi connectivity index (χ4n) is 1.97. The van der Waals surface area contributed by atoms with E-state index >= 15 is 0 Å². The van der Waals surface area contributed by atoms with Gasteiger partial charge in [-0.3, -0.25) is 4.79 Å². The van der Waals surface area contributed by atoms with Crippen molar-refractivity contribution in [3.8, 4) is 11.5 Å². The highest BCUT2D eigenvalue weighted by Crippen LogP contribution is 2.35. The molecule has 0 radical (unpaired) electrons. The van der Waals surface area contributed by atoms with E-state index in [0.717, 1.165) is 0 Å². The van der Waals surface area contributed by atoms with Crippen molar-refractivity contribution in [2.45, 2.75) is 0 Å². The van der Waals surface area contributed by atoms with Gasteiger partial charge < -0.3 is 14.6 Å². The smallest absolute Gasteiger partial charge is 0.341 e. The summed E-state index contributed by atoms with van der Waals surface area (Å²) < 4.78 is 11.7. The van der Waals surface area contributed by atoms with Crippen LogP contribution < -0.4 is 14.9 Å². The van der Waals surface area contributed by atoms with E-state index in [-0.39, 0.29) is 21.5 Å². The summed E-state index contributed by atoms with van der Waals surface area (Å²) in [5.74, 6) is -1.33. The number of nitrogens with one attached hydrogen (secondary N) is 1. The second-order valence-electron chi connectivity index (χ2n) is 5.27. The van der Waals surface area contributed by atoms with Gasteiger partial charge in [-0.1, -0.05) is 50.7 Å². The van der Waals surface area contributed by atoms with Crippen molar-refractivity contribution in [1.29, 1.82) is 0 Å². The molecule has 154 valence electrons. The molecule has 0 saturated heterocycles. The van der Waals surface area contributed by atoms with Gasteiger partial charge in [0.1, 0.15) is 5.75 Å². The van der Waals surface area contributed by atoms with Crippen LogP contribution in [-0.4, -0.2) is 36.4 Å². The number of halogens is 5. The fraction of sp³-hybridized carbons (Fsp3) is 0.118. The number of aliphatic carboxylic acids is 1. The summed E-state index contributed by atoms with van der Waals surface area (Å²) in [4.78, 5) is 22.7. The predicted molar refractivity (Wildman–Crippen MR) is 118 cm³/mol. The molecule has 29 heavy (non-hydrogen) atoms. The van der Waals surface area contributed by atoms with Crippen molar-refractivity contribution < 1.29 is 24.2 Å². The third kappa shape index (κ3) is 7.35. The number of benzene rings is 2. The Morgan fingerprint density at radius 2 is 1.66 bits per heavy atom. The standard InChI is InChI=1S/C17H11Br2Cl3N2O5/c18-9-1-8(16(11(19)2-9)29-7-15(26)27)5-23-24-14(25)6-28-17-12(21)3-10(20)4-13(17)22/h1-5H,6-7H2,(H,24,25)(H,26,27)/b23-5+. The average molecular weight is 589 g/mol. The van der Waals surface area contributed by atoms with E-state index in [2.05, 4.69) is 42.4 Å². The summed E-state index contributed by atoms with van der Waals surface area (Å²) in [6.45, 7) is -0.938. The van der Waals surface area contributed by atoms with Crippen LogP contribution in [0.5, 0.6) is 11.5 Å². The molecular formula is C17H11Br2Cl3N2O5. The van der Waals surface area contributed by atoms with Crippen LogP contribution in [-0.2, 0) is 9.59 Å². The lowest BCUT2D eigenvalue weighted by atomic mass is 10.2. The summed E-state index contributed by atoms with van der Waals surface area (Å²) in [5.41, 5.74) is 2.70. The molecule has 0 aromatic heterocycles. The number of carboxylic acid groups (broad SMARTS) is 1. The molecule has 2 rings (SSSR count). The molecule has 0 fully saturated rings. The first-order valence-corrected chi connectivity index (χ1v) is 10.3. The molecule has 0 aliphatic heterocycles. The van der Waals surface area contributed by atoms with E-state index in [0.29, 0.717) is 19.5 Å². The van der Waals surface area contributed by atoms with Crippen LogP contribution in [0.1, 0.15) is 5.56 Å². The number of amides is 1. The first-order chi connectivity index (χ1) is 13.7. The third-order valence-electron chi connectivity index (χ3n) is 3.08. The zero-order valence-corrected chi connectivity index (χ0v) is 19.7. The minimum Gasteiger partial charge on any atom is -0.481 e. The number of nitrogens with zero attached hydrogens (tertiary/aromatic N) is 1. The van der Waals surface area contributed by atoms with Gasteiger partial charge >= 0.3 is 5.97 Å². The van der Waals surface area contributed by atoms with Gasteiger partial charge in [0.2, 0.25) is 0 Å².